The number of aryl methyl sites for hydroxylation is 1. The Bertz CT molecular complexity index is 1170. The highest BCUT2D eigenvalue weighted by Crippen LogP contribution is 2.46. The van der Waals surface area contributed by atoms with Gasteiger partial charge >= 0.3 is 0 Å². The van der Waals surface area contributed by atoms with Crippen LogP contribution in [0.15, 0.2) is 58.4 Å². The average Bonchev–Trinajstić information content (AvgIpc) is 3.12. The molecule has 0 saturated heterocycles. The van der Waals surface area contributed by atoms with E-state index in [2.05, 4.69) is 32.2 Å². The van der Waals surface area contributed by atoms with Crippen molar-refractivity contribution >= 4 is 15.9 Å². The van der Waals surface area contributed by atoms with Crippen LogP contribution in [-0.4, -0.2) is 17.3 Å². The van der Waals surface area contributed by atoms with E-state index in [1.165, 1.54) is 0 Å². The van der Waals surface area contributed by atoms with Gasteiger partial charge in [0.1, 0.15) is 18.2 Å². The molecule has 0 aliphatic carbocycles. The van der Waals surface area contributed by atoms with Crippen LogP contribution in [0.3, 0.4) is 0 Å². The molecule has 0 amide bonds. The summed E-state index contributed by atoms with van der Waals surface area (Å²) in [6, 6.07) is 15.8. The summed E-state index contributed by atoms with van der Waals surface area (Å²) in [6.07, 6.45) is 0. The monoisotopic (exact) mass is 466 g/mol. The van der Waals surface area contributed by atoms with Crippen LogP contribution in [-0.2, 0) is 6.61 Å². The lowest BCUT2D eigenvalue weighted by Crippen LogP contribution is -2.21. The lowest BCUT2D eigenvalue weighted by atomic mass is 9.84. The van der Waals surface area contributed by atoms with Crippen LogP contribution in [0.1, 0.15) is 28.3 Å². The number of nitriles is 1. The van der Waals surface area contributed by atoms with Crippen LogP contribution in [0.4, 0.5) is 0 Å². The molecule has 3 N–H and O–H groups in total. The Balaban J connectivity index is 1.76. The Kier molecular flexibility index (Phi) is 5.38. The molecule has 1 aliphatic rings. The smallest absolute Gasteiger partial charge is 0.244 e. The van der Waals surface area contributed by atoms with Gasteiger partial charge in [-0.15, -0.1) is 5.10 Å². The number of hydrogen-bond donors (Lipinski definition) is 2. The summed E-state index contributed by atoms with van der Waals surface area (Å²) in [5.74, 6) is 1.09. The maximum absolute atomic E-state index is 9.74. The number of aromatic nitrogens is 2. The summed E-state index contributed by atoms with van der Waals surface area (Å²) in [5, 5.41) is 16.8. The minimum Gasteiger partial charge on any atom is -0.493 e. The molecule has 4 rings (SSSR count). The van der Waals surface area contributed by atoms with Gasteiger partial charge < -0.3 is 19.9 Å². The summed E-state index contributed by atoms with van der Waals surface area (Å²) < 4.78 is 17.9. The van der Waals surface area contributed by atoms with E-state index in [1.807, 2.05) is 49.4 Å². The van der Waals surface area contributed by atoms with E-state index in [9.17, 15) is 5.26 Å². The van der Waals surface area contributed by atoms with Gasteiger partial charge in [0.25, 0.3) is 0 Å². The van der Waals surface area contributed by atoms with Gasteiger partial charge in [-0.25, -0.2) is 0 Å². The molecule has 0 fully saturated rings. The minimum atomic E-state index is -0.439. The molecule has 1 atom stereocenters. The Morgan fingerprint density at radius 2 is 2.07 bits per heavy atom. The molecular formula is C22H19BrN4O3. The van der Waals surface area contributed by atoms with Gasteiger partial charge in [0.2, 0.25) is 11.8 Å². The molecule has 3 aromatic rings. The maximum atomic E-state index is 9.74. The van der Waals surface area contributed by atoms with E-state index in [0.717, 1.165) is 22.4 Å². The van der Waals surface area contributed by atoms with E-state index >= 15 is 0 Å². The molecule has 1 aliphatic heterocycles. The van der Waals surface area contributed by atoms with Crippen LogP contribution >= 0.6 is 15.9 Å². The molecular weight excluding hydrogens is 448 g/mol. The molecule has 30 heavy (non-hydrogen) atoms. The van der Waals surface area contributed by atoms with Crippen molar-refractivity contribution in [2.75, 3.05) is 7.11 Å². The molecule has 7 nitrogen and oxygen atoms in total. The predicted octanol–water partition coefficient (Wildman–Crippen LogP) is 4.29. The number of ether oxygens (including phenoxy) is 3. The van der Waals surface area contributed by atoms with Crippen LogP contribution in [0.25, 0.3) is 0 Å². The van der Waals surface area contributed by atoms with Crippen molar-refractivity contribution in [3.63, 3.8) is 0 Å². The normalized spacial score (nSPS) is 15.2. The van der Waals surface area contributed by atoms with Crippen molar-refractivity contribution in [3.8, 4) is 23.4 Å². The first-order chi connectivity index (χ1) is 14.5. The number of H-pyrrole nitrogens is 1. The third kappa shape index (κ3) is 3.48. The van der Waals surface area contributed by atoms with Crippen LogP contribution in [0.5, 0.6) is 17.4 Å². The second-order valence-electron chi connectivity index (χ2n) is 6.80. The van der Waals surface area contributed by atoms with E-state index in [1.54, 1.807) is 7.11 Å². The number of halogens is 1. The SMILES string of the molecule is COc1cc([C@@H]2C(C#N)=C(N)Oc3n[nH]c(C)c32)cc(Br)c1OCc1ccccc1. The standard InChI is InChI=1S/C22H19BrN4O3/c1-12-18-19(15(10-24)21(25)30-22(18)27-26-12)14-8-16(23)20(17(9-14)28-2)29-11-13-6-4-3-5-7-13/h3-9,19H,11,25H2,1-2H3,(H,26,27)/t19-/m1/s1. The minimum absolute atomic E-state index is 0.0426. The lowest BCUT2D eigenvalue weighted by Gasteiger charge is -2.25. The Morgan fingerprint density at radius 1 is 1.30 bits per heavy atom. The summed E-state index contributed by atoms with van der Waals surface area (Å²) in [6.45, 7) is 2.27. The zero-order valence-electron chi connectivity index (χ0n) is 16.4. The molecule has 1 aromatic heterocycles. The Hall–Kier alpha value is -3.44. The van der Waals surface area contributed by atoms with Crippen molar-refractivity contribution in [2.45, 2.75) is 19.4 Å². The molecule has 2 heterocycles. The van der Waals surface area contributed by atoms with Crippen LogP contribution < -0.4 is 19.9 Å². The third-order valence-electron chi connectivity index (χ3n) is 4.94. The molecule has 152 valence electrons. The lowest BCUT2D eigenvalue weighted by molar-refractivity contribution is 0.282. The third-order valence-corrected chi connectivity index (χ3v) is 5.53. The molecule has 0 saturated carbocycles. The quantitative estimate of drug-likeness (QED) is 0.580. The maximum Gasteiger partial charge on any atom is 0.244 e. The van der Waals surface area contributed by atoms with E-state index in [-0.39, 0.29) is 5.88 Å². The number of benzene rings is 2. The van der Waals surface area contributed by atoms with Gasteiger partial charge in [0, 0.05) is 11.3 Å². The number of nitrogens with zero attached hydrogens (tertiary/aromatic N) is 2. The topological polar surface area (TPSA) is 106 Å². The zero-order chi connectivity index (χ0) is 21.3. The molecule has 0 bridgehead atoms. The van der Waals surface area contributed by atoms with Gasteiger partial charge in [-0.1, -0.05) is 30.3 Å². The Labute approximate surface area is 182 Å². The molecule has 0 radical (unpaired) electrons. The first-order valence-corrected chi connectivity index (χ1v) is 9.99. The highest BCUT2D eigenvalue weighted by Gasteiger charge is 2.35. The first-order valence-electron chi connectivity index (χ1n) is 9.20. The van der Waals surface area contributed by atoms with Crippen molar-refractivity contribution in [1.82, 2.24) is 10.2 Å². The number of aromatic amines is 1. The summed E-state index contributed by atoms with van der Waals surface area (Å²) >= 11 is 3.60. The van der Waals surface area contributed by atoms with Gasteiger partial charge in [0.15, 0.2) is 11.5 Å². The summed E-state index contributed by atoms with van der Waals surface area (Å²) in [5.41, 5.74) is 9.74. The molecule has 0 spiro atoms. The van der Waals surface area contributed by atoms with Crippen molar-refractivity contribution < 1.29 is 14.2 Å². The molecule has 2 aromatic carbocycles. The number of nitrogens with two attached hydrogens (primary N) is 1. The van der Waals surface area contributed by atoms with E-state index < -0.39 is 5.92 Å². The van der Waals surface area contributed by atoms with Crippen molar-refractivity contribution in [2.24, 2.45) is 5.73 Å². The largest absolute Gasteiger partial charge is 0.493 e. The molecule has 8 heteroatoms. The van der Waals surface area contributed by atoms with E-state index in [4.69, 9.17) is 19.9 Å². The fourth-order valence-corrected chi connectivity index (χ4v) is 4.08. The average molecular weight is 467 g/mol. The van der Waals surface area contributed by atoms with Crippen molar-refractivity contribution in [1.29, 1.82) is 5.26 Å². The van der Waals surface area contributed by atoms with Gasteiger partial charge in [-0.3, -0.25) is 5.10 Å². The first kappa shape index (κ1) is 19.9. The number of allylic oxidation sites excluding steroid dienone is 1. The van der Waals surface area contributed by atoms with Gasteiger partial charge in [0.05, 0.1) is 17.5 Å². The highest BCUT2D eigenvalue weighted by atomic mass is 79.9. The zero-order valence-corrected chi connectivity index (χ0v) is 18.0. The highest BCUT2D eigenvalue weighted by molar-refractivity contribution is 9.10. The van der Waals surface area contributed by atoms with Gasteiger partial charge in [-0.2, -0.15) is 5.26 Å². The molecule has 0 unspecified atom stereocenters. The second kappa shape index (κ2) is 8.13. The Morgan fingerprint density at radius 3 is 2.77 bits per heavy atom. The van der Waals surface area contributed by atoms with Gasteiger partial charge in [-0.05, 0) is 46.1 Å². The number of fused-ring (bicyclic) bond motifs is 1. The fraction of sp³-hybridized carbons (Fsp3) is 0.182. The van der Waals surface area contributed by atoms with Crippen LogP contribution in [0.2, 0.25) is 0 Å². The fourth-order valence-electron chi connectivity index (χ4n) is 3.51. The van der Waals surface area contributed by atoms with Crippen molar-refractivity contribution in [3.05, 3.63) is 80.8 Å². The predicted molar refractivity (Wildman–Crippen MR) is 114 cm³/mol. The van der Waals surface area contributed by atoms with Crippen LogP contribution in [0, 0.1) is 18.3 Å². The second-order valence-corrected chi connectivity index (χ2v) is 7.65. The number of methoxy groups -OCH3 is 1. The van der Waals surface area contributed by atoms with E-state index in [0.29, 0.717) is 34.0 Å². The number of hydrogen-bond acceptors (Lipinski definition) is 6. The number of nitrogens with one attached hydrogen (secondary N) is 1. The number of rotatable bonds is 5. The summed E-state index contributed by atoms with van der Waals surface area (Å²) in [4.78, 5) is 0. The summed E-state index contributed by atoms with van der Waals surface area (Å²) in [7, 11) is 1.58.